The standard InChI is InChI=1S/C25H38N6O5/c1-15(2)11-20(24(35)29-14-22(32)33)31-25(36)21(30-23(34)18(27)8-5-6-10-26)12-16-13-28-19-9-4-3-7-17(16)19/h3-4,7,9,13,15,18,20-21,28H,5-6,8,10-12,14,26-27H2,1-2H3,(H,29,35)(H,30,34)(H,31,36)(H,32,33). The summed E-state index contributed by atoms with van der Waals surface area (Å²) in [5.74, 6) is -2.77. The van der Waals surface area contributed by atoms with Crippen molar-refractivity contribution in [3.05, 3.63) is 36.0 Å². The van der Waals surface area contributed by atoms with Crippen molar-refractivity contribution in [1.82, 2.24) is 20.9 Å². The Morgan fingerprint density at radius 3 is 2.36 bits per heavy atom. The van der Waals surface area contributed by atoms with Gasteiger partial charge in [0, 0.05) is 23.5 Å². The number of benzene rings is 1. The second-order valence-electron chi connectivity index (χ2n) is 9.32. The molecule has 0 aliphatic carbocycles. The fourth-order valence-corrected chi connectivity index (χ4v) is 3.91. The molecule has 0 fully saturated rings. The summed E-state index contributed by atoms with van der Waals surface area (Å²) in [5.41, 5.74) is 13.3. The van der Waals surface area contributed by atoms with E-state index in [1.807, 2.05) is 38.1 Å². The van der Waals surface area contributed by atoms with E-state index in [2.05, 4.69) is 20.9 Å². The zero-order valence-corrected chi connectivity index (χ0v) is 20.9. The van der Waals surface area contributed by atoms with Gasteiger partial charge in [0.05, 0.1) is 6.04 Å². The molecule has 3 atom stereocenters. The molecule has 0 radical (unpaired) electrons. The van der Waals surface area contributed by atoms with Gasteiger partial charge in [0.25, 0.3) is 0 Å². The Morgan fingerprint density at radius 2 is 1.69 bits per heavy atom. The lowest BCUT2D eigenvalue weighted by Gasteiger charge is -2.25. The van der Waals surface area contributed by atoms with Gasteiger partial charge in [-0.1, -0.05) is 38.5 Å². The Morgan fingerprint density at radius 1 is 1.00 bits per heavy atom. The first-order chi connectivity index (χ1) is 17.1. The molecule has 0 bridgehead atoms. The lowest BCUT2D eigenvalue weighted by molar-refractivity contribution is -0.138. The van der Waals surface area contributed by atoms with Crippen LogP contribution in [0.25, 0.3) is 10.9 Å². The first kappa shape index (κ1) is 28.8. The highest BCUT2D eigenvalue weighted by atomic mass is 16.4. The van der Waals surface area contributed by atoms with Gasteiger partial charge in [0.1, 0.15) is 18.6 Å². The highest BCUT2D eigenvalue weighted by molar-refractivity contribution is 5.94. The van der Waals surface area contributed by atoms with Crippen LogP contribution in [0, 0.1) is 5.92 Å². The Labute approximate surface area is 210 Å². The molecule has 2 aromatic rings. The molecule has 0 aliphatic heterocycles. The minimum Gasteiger partial charge on any atom is -0.480 e. The number of carbonyl (C=O) groups excluding carboxylic acids is 3. The zero-order valence-electron chi connectivity index (χ0n) is 20.9. The number of amides is 3. The second-order valence-corrected chi connectivity index (χ2v) is 9.32. The van der Waals surface area contributed by atoms with Crippen molar-refractivity contribution in [3.8, 4) is 0 Å². The summed E-state index contributed by atoms with van der Waals surface area (Å²) in [4.78, 5) is 52.8. The van der Waals surface area contributed by atoms with E-state index >= 15 is 0 Å². The fourth-order valence-electron chi connectivity index (χ4n) is 3.91. The number of fused-ring (bicyclic) bond motifs is 1. The van der Waals surface area contributed by atoms with Crippen molar-refractivity contribution in [2.45, 2.75) is 64.1 Å². The summed E-state index contributed by atoms with van der Waals surface area (Å²) in [6, 6.07) is 4.83. The number of hydrogen-bond acceptors (Lipinski definition) is 6. The first-order valence-corrected chi connectivity index (χ1v) is 12.2. The Hall–Kier alpha value is -3.44. The molecule has 3 unspecified atom stereocenters. The van der Waals surface area contributed by atoms with E-state index in [1.54, 1.807) is 6.20 Å². The quantitative estimate of drug-likeness (QED) is 0.171. The topological polar surface area (TPSA) is 192 Å². The minimum atomic E-state index is -1.19. The van der Waals surface area contributed by atoms with Gasteiger partial charge in [0.2, 0.25) is 17.7 Å². The summed E-state index contributed by atoms with van der Waals surface area (Å²) >= 11 is 0. The number of H-pyrrole nitrogens is 1. The molecule has 0 saturated heterocycles. The SMILES string of the molecule is CC(C)CC(NC(=O)C(Cc1c[nH]c2ccccc12)NC(=O)C(N)CCCCN)C(=O)NCC(=O)O. The third-order valence-corrected chi connectivity index (χ3v) is 5.79. The number of carbonyl (C=O) groups is 4. The molecule has 1 aromatic carbocycles. The average Bonchev–Trinajstić information content (AvgIpc) is 3.24. The number of unbranched alkanes of at least 4 members (excludes halogenated alkanes) is 1. The van der Waals surface area contributed by atoms with Gasteiger partial charge in [0.15, 0.2) is 0 Å². The van der Waals surface area contributed by atoms with Crippen LogP contribution in [0.4, 0.5) is 0 Å². The van der Waals surface area contributed by atoms with Crippen molar-refractivity contribution in [1.29, 1.82) is 0 Å². The number of aromatic amines is 1. The van der Waals surface area contributed by atoms with E-state index in [1.165, 1.54) is 0 Å². The molecular weight excluding hydrogens is 464 g/mol. The molecule has 0 aliphatic rings. The highest BCUT2D eigenvalue weighted by Crippen LogP contribution is 2.19. The van der Waals surface area contributed by atoms with Crippen molar-refractivity contribution in [3.63, 3.8) is 0 Å². The lowest BCUT2D eigenvalue weighted by atomic mass is 10.0. The predicted molar refractivity (Wildman–Crippen MR) is 137 cm³/mol. The summed E-state index contributed by atoms with van der Waals surface area (Å²) in [6.45, 7) is 3.71. The fraction of sp³-hybridized carbons (Fsp3) is 0.520. The molecule has 36 heavy (non-hydrogen) atoms. The van der Waals surface area contributed by atoms with E-state index in [0.29, 0.717) is 25.8 Å². The summed E-state index contributed by atoms with van der Waals surface area (Å²) in [7, 11) is 0. The molecule has 2 rings (SSSR count). The van der Waals surface area contributed by atoms with Gasteiger partial charge in [-0.05, 0) is 43.4 Å². The van der Waals surface area contributed by atoms with Crippen molar-refractivity contribution >= 4 is 34.6 Å². The van der Waals surface area contributed by atoms with Gasteiger partial charge in [-0.2, -0.15) is 0 Å². The number of para-hydroxylation sites is 1. The number of hydrogen-bond donors (Lipinski definition) is 7. The normalized spacial score (nSPS) is 13.7. The molecule has 0 saturated carbocycles. The minimum absolute atomic E-state index is 0.0449. The number of aliphatic carboxylic acids is 1. The van der Waals surface area contributed by atoms with Crippen LogP contribution in [0.3, 0.4) is 0 Å². The summed E-state index contributed by atoms with van der Waals surface area (Å²) in [5, 5.41) is 17.6. The monoisotopic (exact) mass is 502 g/mol. The summed E-state index contributed by atoms with van der Waals surface area (Å²) < 4.78 is 0. The van der Waals surface area contributed by atoms with Gasteiger partial charge in [-0.3, -0.25) is 19.2 Å². The van der Waals surface area contributed by atoms with Crippen LogP contribution in [-0.2, 0) is 25.6 Å². The average molecular weight is 503 g/mol. The maximum Gasteiger partial charge on any atom is 0.322 e. The first-order valence-electron chi connectivity index (χ1n) is 12.2. The van der Waals surface area contributed by atoms with Crippen LogP contribution in [0.5, 0.6) is 0 Å². The van der Waals surface area contributed by atoms with Crippen molar-refractivity contribution in [2.75, 3.05) is 13.1 Å². The van der Waals surface area contributed by atoms with E-state index in [0.717, 1.165) is 22.9 Å². The molecular formula is C25H38N6O5. The van der Waals surface area contributed by atoms with Crippen LogP contribution in [-0.4, -0.2) is 65.0 Å². The van der Waals surface area contributed by atoms with Gasteiger partial charge in [-0.25, -0.2) is 0 Å². The van der Waals surface area contributed by atoms with Crippen molar-refractivity contribution in [2.24, 2.45) is 17.4 Å². The smallest absolute Gasteiger partial charge is 0.322 e. The van der Waals surface area contributed by atoms with Crippen LogP contribution in [0.1, 0.15) is 45.1 Å². The number of nitrogens with one attached hydrogen (secondary N) is 4. The van der Waals surface area contributed by atoms with E-state index in [9.17, 15) is 19.2 Å². The number of rotatable bonds is 15. The highest BCUT2D eigenvalue weighted by Gasteiger charge is 2.29. The number of nitrogens with two attached hydrogens (primary N) is 2. The van der Waals surface area contributed by atoms with Crippen LogP contribution in [0.2, 0.25) is 0 Å². The van der Waals surface area contributed by atoms with Gasteiger partial charge >= 0.3 is 5.97 Å². The maximum absolute atomic E-state index is 13.4. The summed E-state index contributed by atoms with van der Waals surface area (Å²) in [6.07, 6.45) is 4.10. The number of carboxylic acid groups (broad SMARTS) is 1. The van der Waals surface area contributed by atoms with E-state index in [4.69, 9.17) is 16.6 Å². The molecule has 3 amide bonds. The molecule has 198 valence electrons. The lowest BCUT2D eigenvalue weighted by Crippen LogP contribution is -2.56. The number of carboxylic acids is 1. The second kappa shape index (κ2) is 14.2. The van der Waals surface area contributed by atoms with E-state index in [-0.39, 0.29) is 12.3 Å². The number of aromatic nitrogens is 1. The van der Waals surface area contributed by atoms with Crippen LogP contribution >= 0.6 is 0 Å². The predicted octanol–water partition coefficient (Wildman–Crippen LogP) is 0.383. The molecule has 11 nitrogen and oxygen atoms in total. The maximum atomic E-state index is 13.4. The van der Waals surface area contributed by atoms with Gasteiger partial charge in [-0.15, -0.1) is 0 Å². The van der Waals surface area contributed by atoms with Crippen LogP contribution in [0.15, 0.2) is 30.5 Å². The Bertz CT molecular complexity index is 1040. The van der Waals surface area contributed by atoms with Gasteiger partial charge < -0.3 is 37.5 Å². The Balaban J connectivity index is 2.23. The molecule has 0 spiro atoms. The third-order valence-electron chi connectivity index (χ3n) is 5.79. The van der Waals surface area contributed by atoms with E-state index < -0.39 is 48.4 Å². The molecule has 1 aromatic heterocycles. The Kier molecular flexibility index (Phi) is 11.4. The zero-order chi connectivity index (χ0) is 26.7. The third kappa shape index (κ3) is 8.97. The largest absolute Gasteiger partial charge is 0.480 e. The molecule has 9 N–H and O–H groups in total. The molecule has 1 heterocycles. The van der Waals surface area contributed by atoms with Crippen LogP contribution < -0.4 is 27.4 Å². The van der Waals surface area contributed by atoms with Crippen molar-refractivity contribution < 1.29 is 24.3 Å². The molecule has 11 heteroatoms.